The lowest BCUT2D eigenvalue weighted by atomic mass is 10.1. The number of β-amino-alcohol motifs (C(OH)–C–C–N with tert-alkyl or cyclic N) is 1. The summed E-state index contributed by atoms with van der Waals surface area (Å²) in [5, 5.41) is 9.41. The van der Waals surface area contributed by atoms with E-state index in [1.165, 1.54) is 0 Å². The fourth-order valence-corrected chi connectivity index (χ4v) is 2.60. The van der Waals surface area contributed by atoms with Gasteiger partial charge in [0.2, 0.25) is 11.8 Å². The number of likely N-dealkylation sites (tertiary alicyclic amines) is 2. The van der Waals surface area contributed by atoms with Gasteiger partial charge in [-0.15, -0.1) is 0 Å². The van der Waals surface area contributed by atoms with Gasteiger partial charge in [0.1, 0.15) is 0 Å². The molecule has 0 aliphatic carbocycles. The van der Waals surface area contributed by atoms with Crippen molar-refractivity contribution in [3.8, 4) is 0 Å². The van der Waals surface area contributed by atoms with Gasteiger partial charge in [-0.05, 0) is 20.3 Å². The number of hydrogen-bond acceptors (Lipinski definition) is 3. The van der Waals surface area contributed by atoms with Gasteiger partial charge in [0.25, 0.3) is 0 Å². The minimum Gasteiger partial charge on any atom is -0.391 e. The molecule has 2 aliphatic rings. The Hall–Kier alpha value is -1.10. The highest BCUT2D eigenvalue weighted by Crippen LogP contribution is 2.23. The van der Waals surface area contributed by atoms with Gasteiger partial charge >= 0.3 is 0 Å². The molecule has 2 fully saturated rings. The van der Waals surface area contributed by atoms with E-state index in [9.17, 15) is 14.7 Å². The lowest BCUT2D eigenvalue weighted by Crippen LogP contribution is -2.37. The van der Waals surface area contributed by atoms with Crippen molar-refractivity contribution in [2.24, 2.45) is 5.92 Å². The van der Waals surface area contributed by atoms with Crippen LogP contribution >= 0.6 is 0 Å². The van der Waals surface area contributed by atoms with Gasteiger partial charge in [-0.3, -0.25) is 9.59 Å². The van der Waals surface area contributed by atoms with Crippen LogP contribution in [0.5, 0.6) is 0 Å². The maximum Gasteiger partial charge on any atom is 0.228 e. The first-order chi connectivity index (χ1) is 7.99. The first-order valence-corrected chi connectivity index (χ1v) is 6.25. The molecule has 0 bridgehead atoms. The fourth-order valence-electron chi connectivity index (χ4n) is 2.60. The zero-order valence-corrected chi connectivity index (χ0v) is 10.4. The molecular formula is C12H20N2O3. The molecule has 2 atom stereocenters. The quantitative estimate of drug-likeness (QED) is 0.729. The molecule has 2 amide bonds. The molecule has 2 rings (SSSR count). The minimum absolute atomic E-state index is 0.0260. The van der Waals surface area contributed by atoms with Crippen LogP contribution in [-0.4, -0.2) is 58.5 Å². The Kier molecular flexibility index (Phi) is 3.38. The van der Waals surface area contributed by atoms with Gasteiger partial charge < -0.3 is 14.9 Å². The second-order valence-corrected chi connectivity index (χ2v) is 5.27. The van der Waals surface area contributed by atoms with E-state index in [1.54, 1.807) is 9.80 Å². The highest BCUT2D eigenvalue weighted by Gasteiger charge is 2.38. The number of carbonyl (C=O) groups is 2. The molecule has 0 spiro atoms. The third-order valence-electron chi connectivity index (χ3n) is 3.61. The van der Waals surface area contributed by atoms with Gasteiger partial charge in [0, 0.05) is 32.1 Å². The van der Waals surface area contributed by atoms with Crippen LogP contribution in [0.25, 0.3) is 0 Å². The summed E-state index contributed by atoms with van der Waals surface area (Å²) in [4.78, 5) is 27.3. The molecule has 0 aromatic heterocycles. The van der Waals surface area contributed by atoms with Gasteiger partial charge in [-0.2, -0.15) is 0 Å². The highest BCUT2D eigenvalue weighted by atomic mass is 16.3. The summed E-state index contributed by atoms with van der Waals surface area (Å²) in [5.74, 6) is -0.119. The summed E-state index contributed by atoms with van der Waals surface area (Å²) in [6, 6.07) is 0.157. The van der Waals surface area contributed by atoms with Crippen LogP contribution in [0.15, 0.2) is 0 Å². The van der Waals surface area contributed by atoms with Crippen LogP contribution < -0.4 is 0 Å². The van der Waals surface area contributed by atoms with Crippen molar-refractivity contribution in [1.29, 1.82) is 0 Å². The topological polar surface area (TPSA) is 60.9 Å². The highest BCUT2D eigenvalue weighted by molar-refractivity contribution is 5.89. The Balaban J connectivity index is 1.96. The Morgan fingerprint density at radius 3 is 2.59 bits per heavy atom. The van der Waals surface area contributed by atoms with E-state index in [1.807, 2.05) is 13.8 Å². The number of amides is 2. The molecule has 5 nitrogen and oxygen atoms in total. The Morgan fingerprint density at radius 2 is 2.12 bits per heavy atom. The first kappa shape index (κ1) is 12.4. The zero-order valence-electron chi connectivity index (χ0n) is 10.4. The SMILES string of the molecule is CC(C)N1CC(C(=O)N2CC[C@H](O)C2)CC1=O. The average molecular weight is 240 g/mol. The lowest BCUT2D eigenvalue weighted by molar-refractivity contribution is -0.135. The third-order valence-corrected chi connectivity index (χ3v) is 3.61. The standard InChI is InChI=1S/C12H20N2O3/c1-8(2)14-6-9(5-11(14)16)12(17)13-4-3-10(15)7-13/h8-10,15H,3-7H2,1-2H3/t9?,10-/m0/s1. The molecule has 17 heavy (non-hydrogen) atoms. The molecule has 2 saturated heterocycles. The van der Waals surface area contributed by atoms with Crippen molar-refractivity contribution in [2.75, 3.05) is 19.6 Å². The predicted octanol–water partition coefficient (Wildman–Crippen LogP) is -0.164. The van der Waals surface area contributed by atoms with Gasteiger partial charge in [0.05, 0.1) is 12.0 Å². The molecular weight excluding hydrogens is 220 g/mol. The fraction of sp³-hybridized carbons (Fsp3) is 0.833. The normalized spacial score (nSPS) is 29.5. The summed E-state index contributed by atoms with van der Waals surface area (Å²) in [7, 11) is 0. The van der Waals surface area contributed by atoms with E-state index < -0.39 is 6.10 Å². The van der Waals surface area contributed by atoms with E-state index in [0.29, 0.717) is 32.5 Å². The van der Waals surface area contributed by atoms with Crippen LogP contribution in [0.3, 0.4) is 0 Å². The van der Waals surface area contributed by atoms with Crippen LogP contribution in [0.2, 0.25) is 0 Å². The van der Waals surface area contributed by atoms with E-state index >= 15 is 0 Å². The number of carbonyl (C=O) groups excluding carboxylic acids is 2. The van der Waals surface area contributed by atoms with Crippen LogP contribution in [0.1, 0.15) is 26.7 Å². The predicted molar refractivity (Wildman–Crippen MR) is 62.2 cm³/mol. The largest absolute Gasteiger partial charge is 0.391 e. The summed E-state index contributed by atoms with van der Waals surface area (Å²) in [6.45, 7) is 5.49. The Bertz CT molecular complexity index is 330. The van der Waals surface area contributed by atoms with Crippen LogP contribution in [0.4, 0.5) is 0 Å². The van der Waals surface area contributed by atoms with Crippen molar-refractivity contribution < 1.29 is 14.7 Å². The molecule has 96 valence electrons. The van der Waals surface area contributed by atoms with Crippen molar-refractivity contribution in [1.82, 2.24) is 9.80 Å². The molecule has 0 saturated carbocycles. The molecule has 0 radical (unpaired) electrons. The average Bonchev–Trinajstić information content (AvgIpc) is 2.83. The molecule has 0 aromatic rings. The van der Waals surface area contributed by atoms with E-state index in [0.717, 1.165) is 0 Å². The maximum absolute atomic E-state index is 12.1. The monoisotopic (exact) mass is 240 g/mol. The summed E-state index contributed by atoms with van der Waals surface area (Å²) >= 11 is 0. The molecule has 1 unspecified atom stereocenters. The second kappa shape index (κ2) is 4.64. The Labute approximate surface area is 101 Å². The molecule has 2 aliphatic heterocycles. The molecule has 5 heteroatoms. The molecule has 1 N–H and O–H groups in total. The smallest absolute Gasteiger partial charge is 0.228 e. The number of rotatable bonds is 2. The maximum atomic E-state index is 12.1. The van der Waals surface area contributed by atoms with Gasteiger partial charge in [-0.1, -0.05) is 0 Å². The minimum atomic E-state index is -0.391. The molecule has 0 aromatic carbocycles. The summed E-state index contributed by atoms with van der Waals surface area (Å²) < 4.78 is 0. The van der Waals surface area contributed by atoms with E-state index in [4.69, 9.17) is 0 Å². The number of aliphatic hydroxyl groups is 1. The van der Waals surface area contributed by atoms with Crippen LogP contribution in [0, 0.1) is 5.92 Å². The first-order valence-electron chi connectivity index (χ1n) is 6.25. The number of hydrogen-bond donors (Lipinski definition) is 1. The van der Waals surface area contributed by atoms with Crippen molar-refractivity contribution in [3.63, 3.8) is 0 Å². The van der Waals surface area contributed by atoms with E-state index in [2.05, 4.69) is 0 Å². The zero-order chi connectivity index (χ0) is 12.6. The van der Waals surface area contributed by atoms with Crippen LogP contribution in [-0.2, 0) is 9.59 Å². The van der Waals surface area contributed by atoms with E-state index in [-0.39, 0.29) is 23.8 Å². The summed E-state index contributed by atoms with van der Waals surface area (Å²) in [5.41, 5.74) is 0. The van der Waals surface area contributed by atoms with Crippen molar-refractivity contribution in [3.05, 3.63) is 0 Å². The number of nitrogens with zero attached hydrogens (tertiary/aromatic N) is 2. The van der Waals surface area contributed by atoms with Gasteiger partial charge in [-0.25, -0.2) is 0 Å². The molecule has 2 heterocycles. The van der Waals surface area contributed by atoms with Gasteiger partial charge in [0.15, 0.2) is 0 Å². The Morgan fingerprint density at radius 1 is 1.41 bits per heavy atom. The van der Waals surface area contributed by atoms with Crippen molar-refractivity contribution >= 4 is 11.8 Å². The lowest BCUT2D eigenvalue weighted by Gasteiger charge is -2.22. The number of aliphatic hydroxyl groups excluding tert-OH is 1. The van der Waals surface area contributed by atoms with Crippen molar-refractivity contribution in [2.45, 2.75) is 38.8 Å². The second-order valence-electron chi connectivity index (χ2n) is 5.27. The third kappa shape index (κ3) is 2.44. The summed E-state index contributed by atoms with van der Waals surface area (Å²) in [6.07, 6.45) is 0.585.